The van der Waals surface area contributed by atoms with Gasteiger partial charge in [0.2, 0.25) is 0 Å². The summed E-state index contributed by atoms with van der Waals surface area (Å²) >= 11 is 5.44. The van der Waals surface area contributed by atoms with Crippen molar-refractivity contribution in [2.75, 3.05) is 0 Å². The lowest BCUT2D eigenvalue weighted by atomic mass is 10.4. The Morgan fingerprint density at radius 2 is 2.12 bits per heavy atom. The first kappa shape index (κ1) is 7.56. The van der Waals surface area contributed by atoms with Crippen LogP contribution in [-0.4, -0.2) is 16.2 Å². The third kappa shape index (κ3) is 5.56. The first-order valence-corrected chi connectivity index (χ1v) is 2.49. The summed E-state index contributed by atoms with van der Waals surface area (Å²) in [6.07, 6.45) is -1.11. The molecule has 1 amide bonds. The molecule has 0 aromatic carbocycles. The summed E-state index contributed by atoms with van der Waals surface area (Å²) < 4.78 is 0. The lowest BCUT2D eigenvalue weighted by Gasteiger charge is -2.13. The van der Waals surface area contributed by atoms with E-state index in [9.17, 15) is 4.79 Å². The maximum atomic E-state index is 9.82. The van der Waals surface area contributed by atoms with Crippen molar-refractivity contribution in [3.63, 3.8) is 0 Å². The summed E-state index contributed by atoms with van der Waals surface area (Å²) in [6, 6.07) is 0. The van der Waals surface area contributed by atoms with Crippen molar-refractivity contribution in [1.82, 2.24) is 5.32 Å². The van der Waals surface area contributed by atoms with Crippen molar-refractivity contribution in [1.29, 1.82) is 0 Å². The highest BCUT2D eigenvalue weighted by Gasteiger charge is 2.14. The molecule has 0 unspecified atom stereocenters. The van der Waals surface area contributed by atoms with Gasteiger partial charge < -0.3 is 10.4 Å². The monoisotopic (exact) mass is 137 g/mol. The quantitative estimate of drug-likeness (QED) is 0.422. The molecule has 0 radical (unpaired) electrons. The van der Waals surface area contributed by atoms with Crippen LogP contribution in [0.3, 0.4) is 0 Å². The summed E-state index contributed by atoms with van der Waals surface area (Å²) in [5.74, 6) is 0. The van der Waals surface area contributed by atoms with Gasteiger partial charge in [-0.05, 0) is 13.8 Å². The highest BCUT2D eigenvalue weighted by Crippen LogP contribution is 2.05. The number of hydrogen-bond acceptors (Lipinski definition) is 1. The Labute approximate surface area is 52.6 Å². The summed E-state index contributed by atoms with van der Waals surface area (Å²) in [5.41, 5.74) is 0. The smallest absolute Gasteiger partial charge is 0.406 e. The Morgan fingerprint density at radius 1 is 1.75 bits per heavy atom. The standard InChI is InChI=1S/C4H8ClNO2/c1-4(2,5)6-3(7)8/h6H,1-2H3,(H,7,8). The fourth-order valence-corrected chi connectivity index (χ4v) is 0.335. The van der Waals surface area contributed by atoms with Crippen LogP contribution in [0.5, 0.6) is 0 Å². The molecule has 0 bridgehead atoms. The molecule has 4 heteroatoms. The van der Waals surface area contributed by atoms with Crippen LogP contribution in [0.15, 0.2) is 0 Å². The molecule has 8 heavy (non-hydrogen) atoms. The molecule has 0 saturated heterocycles. The Morgan fingerprint density at radius 3 is 2.12 bits per heavy atom. The largest absolute Gasteiger partial charge is 0.465 e. The number of amides is 1. The molecule has 48 valence electrons. The van der Waals surface area contributed by atoms with Gasteiger partial charge >= 0.3 is 6.09 Å². The average molecular weight is 138 g/mol. The molecule has 0 saturated carbocycles. The Kier molecular flexibility index (Phi) is 2.10. The Balaban J connectivity index is 3.55. The fourth-order valence-electron chi connectivity index (χ4n) is 0.254. The summed E-state index contributed by atoms with van der Waals surface area (Å²) in [5, 5.41) is 10.1. The zero-order valence-corrected chi connectivity index (χ0v) is 5.49. The van der Waals surface area contributed by atoms with E-state index in [1.807, 2.05) is 0 Å². The van der Waals surface area contributed by atoms with E-state index in [0.29, 0.717) is 0 Å². The molecule has 0 aromatic heterocycles. The van der Waals surface area contributed by atoms with Crippen LogP contribution in [0, 0.1) is 0 Å². The normalized spacial score (nSPS) is 10.9. The van der Waals surface area contributed by atoms with E-state index in [0.717, 1.165) is 0 Å². The molecule has 2 N–H and O–H groups in total. The van der Waals surface area contributed by atoms with Crippen molar-refractivity contribution >= 4 is 17.7 Å². The minimum atomic E-state index is -1.11. The van der Waals surface area contributed by atoms with Crippen molar-refractivity contribution in [2.24, 2.45) is 0 Å². The maximum absolute atomic E-state index is 9.82. The average Bonchev–Trinajstić information content (AvgIpc) is 1.21. The molecule has 0 atom stereocenters. The lowest BCUT2D eigenvalue weighted by molar-refractivity contribution is 0.189. The maximum Gasteiger partial charge on any atom is 0.406 e. The van der Waals surface area contributed by atoms with E-state index < -0.39 is 11.1 Å². The summed E-state index contributed by atoms with van der Waals surface area (Å²) in [4.78, 5) is 8.96. The van der Waals surface area contributed by atoms with E-state index in [1.54, 1.807) is 13.8 Å². The predicted octanol–water partition coefficient (Wildman–Crippen LogP) is 1.23. The SMILES string of the molecule is CC(C)(Cl)NC(=O)O. The first-order valence-electron chi connectivity index (χ1n) is 2.12. The number of alkyl halides is 1. The molecule has 0 heterocycles. The van der Waals surface area contributed by atoms with Crippen LogP contribution < -0.4 is 5.32 Å². The van der Waals surface area contributed by atoms with Gasteiger partial charge in [0.05, 0.1) is 0 Å². The van der Waals surface area contributed by atoms with Gasteiger partial charge in [0.15, 0.2) is 0 Å². The van der Waals surface area contributed by atoms with Crippen molar-refractivity contribution in [2.45, 2.75) is 18.8 Å². The molecule has 0 aliphatic carbocycles. The number of nitrogens with one attached hydrogen (secondary N) is 1. The van der Waals surface area contributed by atoms with Gasteiger partial charge in [-0.2, -0.15) is 0 Å². The van der Waals surface area contributed by atoms with Crippen LogP contribution in [0.2, 0.25) is 0 Å². The number of halogens is 1. The molecule has 0 fully saturated rings. The van der Waals surface area contributed by atoms with Crippen LogP contribution in [-0.2, 0) is 0 Å². The first-order chi connectivity index (χ1) is 3.42. The molecular weight excluding hydrogens is 130 g/mol. The summed E-state index contributed by atoms with van der Waals surface area (Å²) in [6.45, 7) is 3.12. The van der Waals surface area contributed by atoms with E-state index in [2.05, 4.69) is 5.32 Å². The topological polar surface area (TPSA) is 49.3 Å². The third-order valence-corrected chi connectivity index (χ3v) is 0.499. The number of carbonyl (C=O) groups is 1. The summed E-state index contributed by atoms with van der Waals surface area (Å²) in [7, 11) is 0. The van der Waals surface area contributed by atoms with Gasteiger partial charge in [-0.25, -0.2) is 4.79 Å². The van der Waals surface area contributed by atoms with Crippen molar-refractivity contribution < 1.29 is 9.90 Å². The van der Waals surface area contributed by atoms with Crippen molar-refractivity contribution in [3.8, 4) is 0 Å². The highest BCUT2D eigenvalue weighted by molar-refractivity contribution is 6.23. The molecule has 0 aliphatic heterocycles. The van der Waals surface area contributed by atoms with Crippen LogP contribution in [0.1, 0.15) is 13.8 Å². The second-order valence-corrected chi connectivity index (χ2v) is 2.85. The Hall–Kier alpha value is -0.440. The van der Waals surface area contributed by atoms with Gasteiger partial charge in [0, 0.05) is 0 Å². The van der Waals surface area contributed by atoms with Crippen LogP contribution >= 0.6 is 11.6 Å². The molecule has 3 nitrogen and oxygen atoms in total. The third-order valence-electron chi connectivity index (χ3n) is 0.404. The molecule has 0 aliphatic rings. The minimum absolute atomic E-state index is 0.855. The van der Waals surface area contributed by atoms with Gasteiger partial charge in [-0.15, -0.1) is 0 Å². The number of hydrogen-bond donors (Lipinski definition) is 2. The molecule has 0 rings (SSSR count). The van der Waals surface area contributed by atoms with Crippen molar-refractivity contribution in [3.05, 3.63) is 0 Å². The molecule has 0 aromatic rings. The van der Waals surface area contributed by atoms with Gasteiger partial charge in [0.1, 0.15) is 5.00 Å². The minimum Gasteiger partial charge on any atom is -0.465 e. The van der Waals surface area contributed by atoms with Gasteiger partial charge in [0.25, 0.3) is 0 Å². The van der Waals surface area contributed by atoms with Crippen LogP contribution in [0.25, 0.3) is 0 Å². The fraction of sp³-hybridized carbons (Fsp3) is 0.750. The van der Waals surface area contributed by atoms with E-state index in [-0.39, 0.29) is 0 Å². The van der Waals surface area contributed by atoms with E-state index in [4.69, 9.17) is 16.7 Å². The predicted molar refractivity (Wildman–Crippen MR) is 31.1 cm³/mol. The second kappa shape index (κ2) is 2.22. The number of rotatable bonds is 1. The zero-order chi connectivity index (χ0) is 6.78. The Bertz CT molecular complexity index is 96.7. The van der Waals surface area contributed by atoms with E-state index >= 15 is 0 Å². The van der Waals surface area contributed by atoms with Gasteiger partial charge in [-0.3, -0.25) is 0 Å². The lowest BCUT2D eigenvalue weighted by Crippen LogP contribution is -2.37. The highest BCUT2D eigenvalue weighted by atomic mass is 35.5. The second-order valence-electron chi connectivity index (χ2n) is 1.90. The zero-order valence-electron chi connectivity index (χ0n) is 4.73. The van der Waals surface area contributed by atoms with Gasteiger partial charge in [-0.1, -0.05) is 11.6 Å². The number of carboxylic acid groups (broad SMARTS) is 1. The molecule has 0 spiro atoms. The van der Waals surface area contributed by atoms with E-state index in [1.165, 1.54) is 0 Å². The molecular formula is C4H8ClNO2. The van der Waals surface area contributed by atoms with Crippen LogP contribution in [0.4, 0.5) is 4.79 Å².